The molecule has 23 heavy (non-hydrogen) atoms. The second-order valence-electron chi connectivity index (χ2n) is 5.91. The fraction of sp³-hybridized carbons (Fsp3) is 0.500. The van der Waals surface area contributed by atoms with Gasteiger partial charge in [0.15, 0.2) is 0 Å². The van der Waals surface area contributed by atoms with Gasteiger partial charge >= 0.3 is 6.03 Å². The number of ether oxygens (including phenoxy) is 1. The minimum absolute atomic E-state index is 0.0887. The maximum absolute atomic E-state index is 12.1. The standard InChI is InChI=1S/C16H20ClN3O3/c17-14-6-5-11(8-13(14)15(21)19-10-3-4-10)20-16(22)18-9-12-2-1-7-23-12/h5-6,8,10,12H,1-4,7,9H2,(H,19,21)(H2,18,20,22)/t12-/m0/s1. The van der Waals surface area contributed by atoms with Gasteiger partial charge in [0.25, 0.3) is 5.91 Å². The third-order valence-electron chi connectivity index (χ3n) is 3.90. The minimum atomic E-state index is -0.323. The lowest BCUT2D eigenvalue weighted by molar-refractivity contribution is 0.0951. The number of anilines is 1. The molecule has 6 nitrogen and oxygen atoms in total. The van der Waals surface area contributed by atoms with Gasteiger partial charge in [-0.3, -0.25) is 4.79 Å². The number of hydrogen-bond donors (Lipinski definition) is 3. The number of hydrogen-bond acceptors (Lipinski definition) is 3. The number of carbonyl (C=O) groups is 2. The monoisotopic (exact) mass is 337 g/mol. The van der Waals surface area contributed by atoms with Crippen LogP contribution in [-0.2, 0) is 4.74 Å². The Morgan fingerprint density at radius 1 is 1.26 bits per heavy atom. The molecule has 2 aliphatic rings. The van der Waals surface area contributed by atoms with Crippen LogP contribution < -0.4 is 16.0 Å². The molecule has 124 valence electrons. The van der Waals surface area contributed by atoms with Crippen molar-refractivity contribution < 1.29 is 14.3 Å². The Labute approximate surface area is 139 Å². The van der Waals surface area contributed by atoms with E-state index in [4.69, 9.17) is 16.3 Å². The summed E-state index contributed by atoms with van der Waals surface area (Å²) < 4.78 is 5.45. The summed E-state index contributed by atoms with van der Waals surface area (Å²) in [6.45, 7) is 1.24. The van der Waals surface area contributed by atoms with Crippen LogP contribution in [0, 0.1) is 0 Å². The summed E-state index contributed by atoms with van der Waals surface area (Å²) in [4.78, 5) is 24.0. The smallest absolute Gasteiger partial charge is 0.319 e. The molecule has 0 unspecified atom stereocenters. The maximum Gasteiger partial charge on any atom is 0.319 e. The molecule has 1 heterocycles. The third kappa shape index (κ3) is 4.59. The van der Waals surface area contributed by atoms with Crippen LogP contribution in [0.4, 0.5) is 10.5 Å². The number of rotatable bonds is 5. The molecule has 1 saturated carbocycles. The van der Waals surface area contributed by atoms with Crippen LogP contribution in [0.1, 0.15) is 36.0 Å². The van der Waals surface area contributed by atoms with Crippen LogP contribution in [0.5, 0.6) is 0 Å². The van der Waals surface area contributed by atoms with Crippen molar-refractivity contribution in [3.05, 3.63) is 28.8 Å². The van der Waals surface area contributed by atoms with E-state index in [0.29, 0.717) is 22.8 Å². The molecule has 0 spiro atoms. The van der Waals surface area contributed by atoms with Crippen molar-refractivity contribution in [1.82, 2.24) is 10.6 Å². The SMILES string of the molecule is O=C(NC[C@@H]1CCCO1)Nc1ccc(Cl)c(C(=O)NC2CC2)c1. The average Bonchev–Trinajstić information content (AvgIpc) is 3.18. The van der Waals surface area contributed by atoms with Crippen molar-refractivity contribution in [2.75, 3.05) is 18.5 Å². The predicted octanol–water partition coefficient (Wildman–Crippen LogP) is 2.53. The Morgan fingerprint density at radius 2 is 2.09 bits per heavy atom. The second kappa shape index (κ2) is 7.19. The van der Waals surface area contributed by atoms with Crippen molar-refractivity contribution in [3.63, 3.8) is 0 Å². The lowest BCUT2D eigenvalue weighted by Gasteiger charge is -2.13. The Hall–Kier alpha value is -1.79. The van der Waals surface area contributed by atoms with E-state index in [1.165, 1.54) is 0 Å². The first kappa shape index (κ1) is 16.1. The molecule has 3 rings (SSSR count). The maximum atomic E-state index is 12.1. The van der Waals surface area contributed by atoms with E-state index in [9.17, 15) is 9.59 Å². The van der Waals surface area contributed by atoms with Gasteiger partial charge < -0.3 is 20.7 Å². The fourth-order valence-corrected chi connectivity index (χ4v) is 2.66. The highest BCUT2D eigenvalue weighted by molar-refractivity contribution is 6.34. The first-order valence-electron chi connectivity index (χ1n) is 7.88. The zero-order valence-electron chi connectivity index (χ0n) is 12.7. The van der Waals surface area contributed by atoms with Crippen LogP contribution in [0.25, 0.3) is 0 Å². The molecular weight excluding hydrogens is 318 g/mol. The quantitative estimate of drug-likeness (QED) is 0.772. The summed E-state index contributed by atoms with van der Waals surface area (Å²) in [5.74, 6) is -0.207. The molecule has 1 aromatic carbocycles. The average molecular weight is 338 g/mol. The minimum Gasteiger partial charge on any atom is -0.376 e. The largest absolute Gasteiger partial charge is 0.376 e. The lowest BCUT2D eigenvalue weighted by atomic mass is 10.2. The van der Waals surface area contributed by atoms with Crippen LogP contribution in [0.3, 0.4) is 0 Å². The number of urea groups is 1. The number of amides is 3. The van der Waals surface area contributed by atoms with E-state index in [1.807, 2.05) is 0 Å². The van der Waals surface area contributed by atoms with Crippen molar-refractivity contribution in [3.8, 4) is 0 Å². The van der Waals surface area contributed by atoms with Crippen molar-refractivity contribution >= 4 is 29.2 Å². The zero-order valence-corrected chi connectivity index (χ0v) is 13.5. The third-order valence-corrected chi connectivity index (χ3v) is 4.23. The molecular formula is C16H20ClN3O3. The van der Waals surface area contributed by atoms with Gasteiger partial charge in [-0.25, -0.2) is 4.79 Å². The molecule has 1 aromatic rings. The normalized spacial score (nSPS) is 20.1. The molecule has 1 atom stereocenters. The molecule has 3 amide bonds. The Balaban J connectivity index is 1.56. The van der Waals surface area contributed by atoms with E-state index in [-0.39, 0.29) is 24.1 Å². The number of benzene rings is 1. The van der Waals surface area contributed by atoms with E-state index in [2.05, 4.69) is 16.0 Å². The summed E-state index contributed by atoms with van der Waals surface area (Å²) in [5, 5.41) is 8.74. The van der Waals surface area contributed by atoms with E-state index in [0.717, 1.165) is 32.3 Å². The van der Waals surface area contributed by atoms with E-state index in [1.54, 1.807) is 18.2 Å². The fourth-order valence-electron chi connectivity index (χ4n) is 2.46. The van der Waals surface area contributed by atoms with Gasteiger partial charge in [0.05, 0.1) is 16.7 Å². The highest BCUT2D eigenvalue weighted by Gasteiger charge is 2.25. The van der Waals surface area contributed by atoms with Crippen LogP contribution in [-0.4, -0.2) is 37.2 Å². The summed E-state index contributed by atoms with van der Waals surface area (Å²) in [6, 6.07) is 4.80. The second-order valence-corrected chi connectivity index (χ2v) is 6.32. The summed E-state index contributed by atoms with van der Waals surface area (Å²) >= 11 is 6.07. The molecule has 1 saturated heterocycles. The molecule has 1 aliphatic carbocycles. The molecule has 0 aromatic heterocycles. The van der Waals surface area contributed by atoms with E-state index >= 15 is 0 Å². The van der Waals surface area contributed by atoms with Crippen molar-refractivity contribution in [2.24, 2.45) is 0 Å². The van der Waals surface area contributed by atoms with Gasteiger partial charge in [-0.05, 0) is 43.9 Å². The Bertz CT molecular complexity index is 598. The first-order chi connectivity index (χ1) is 11.1. The summed E-state index contributed by atoms with van der Waals surface area (Å²) in [5.41, 5.74) is 0.899. The summed E-state index contributed by atoms with van der Waals surface area (Å²) in [6.07, 6.45) is 4.10. The molecule has 2 fully saturated rings. The number of carbonyl (C=O) groups excluding carboxylic acids is 2. The topological polar surface area (TPSA) is 79.5 Å². The lowest BCUT2D eigenvalue weighted by Crippen LogP contribution is -2.35. The highest BCUT2D eigenvalue weighted by atomic mass is 35.5. The van der Waals surface area contributed by atoms with Gasteiger partial charge in [-0.15, -0.1) is 0 Å². The summed E-state index contributed by atoms with van der Waals surface area (Å²) in [7, 11) is 0. The predicted molar refractivity (Wildman–Crippen MR) is 87.9 cm³/mol. The van der Waals surface area contributed by atoms with Gasteiger partial charge in [0.1, 0.15) is 0 Å². The first-order valence-corrected chi connectivity index (χ1v) is 8.26. The van der Waals surface area contributed by atoms with Gasteiger partial charge in [-0.1, -0.05) is 11.6 Å². The van der Waals surface area contributed by atoms with Crippen LogP contribution in [0.2, 0.25) is 5.02 Å². The van der Waals surface area contributed by atoms with Gasteiger partial charge in [-0.2, -0.15) is 0 Å². The van der Waals surface area contributed by atoms with Gasteiger partial charge in [0, 0.05) is 24.9 Å². The number of nitrogens with one attached hydrogen (secondary N) is 3. The highest BCUT2D eigenvalue weighted by Crippen LogP contribution is 2.24. The van der Waals surface area contributed by atoms with Crippen LogP contribution >= 0.6 is 11.6 Å². The number of halogens is 1. The Morgan fingerprint density at radius 3 is 2.78 bits per heavy atom. The van der Waals surface area contributed by atoms with Crippen molar-refractivity contribution in [2.45, 2.75) is 37.8 Å². The van der Waals surface area contributed by atoms with Crippen LogP contribution in [0.15, 0.2) is 18.2 Å². The Kier molecular flexibility index (Phi) is 5.03. The molecule has 3 N–H and O–H groups in total. The zero-order chi connectivity index (χ0) is 16.2. The molecule has 0 bridgehead atoms. The van der Waals surface area contributed by atoms with E-state index < -0.39 is 0 Å². The molecule has 7 heteroatoms. The van der Waals surface area contributed by atoms with Crippen molar-refractivity contribution in [1.29, 1.82) is 0 Å². The molecule has 0 radical (unpaired) electrons. The molecule has 1 aliphatic heterocycles. The van der Waals surface area contributed by atoms with Gasteiger partial charge in [0.2, 0.25) is 0 Å².